The van der Waals surface area contributed by atoms with Crippen LogP contribution >= 0.6 is 11.8 Å². The zero-order chi connectivity index (χ0) is 12.7. The molecule has 2 nitrogen and oxygen atoms in total. The molecule has 5 heteroatoms. The van der Waals surface area contributed by atoms with Crippen molar-refractivity contribution in [1.82, 2.24) is 0 Å². The highest BCUT2D eigenvalue weighted by Gasteiger charge is 2.16. The lowest BCUT2D eigenvalue weighted by atomic mass is 9.77. The van der Waals surface area contributed by atoms with Crippen LogP contribution in [0.5, 0.6) is 0 Å². The van der Waals surface area contributed by atoms with Gasteiger partial charge < -0.3 is 10.0 Å². The first-order chi connectivity index (χ1) is 8.15. The van der Waals surface area contributed by atoms with Crippen molar-refractivity contribution in [1.29, 1.82) is 0 Å². The van der Waals surface area contributed by atoms with E-state index in [0.717, 1.165) is 11.3 Å². The molecule has 17 heavy (non-hydrogen) atoms. The van der Waals surface area contributed by atoms with Crippen molar-refractivity contribution >= 4 is 24.3 Å². The highest BCUT2D eigenvalue weighted by Crippen LogP contribution is 2.14. The van der Waals surface area contributed by atoms with Crippen LogP contribution in [0.25, 0.3) is 0 Å². The van der Waals surface area contributed by atoms with Gasteiger partial charge in [0, 0.05) is 5.75 Å². The van der Waals surface area contributed by atoms with Gasteiger partial charge in [0.25, 0.3) is 0 Å². The summed E-state index contributed by atoms with van der Waals surface area (Å²) in [5, 5.41) is 18.3. The number of thioether (sulfide) groups is 1. The Morgan fingerprint density at radius 1 is 1.29 bits per heavy atom. The SMILES string of the molecule is CCCCCSCc1ccc(F)cc1B(O)O. The summed E-state index contributed by atoms with van der Waals surface area (Å²) in [6.45, 7) is 2.16. The van der Waals surface area contributed by atoms with Crippen LogP contribution in [0.15, 0.2) is 18.2 Å². The molecule has 0 aromatic heterocycles. The number of hydrogen-bond acceptors (Lipinski definition) is 3. The topological polar surface area (TPSA) is 40.5 Å². The third-order valence-corrected chi connectivity index (χ3v) is 3.63. The molecule has 1 aromatic carbocycles. The first-order valence-corrected chi connectivity index (χ1v) is 7.02. The average Bonchev–Trinajstić information content (AvgIpc) is 2.30. The molecule has 0 aliphatic rings. The highest BCUT2D eigenvalue weighted by atomic mass is 32.2. The maximum Gasteiger partial charge on any atom is 0.488 e. The Labute approximate surface area is 106 Å². The minimum Gasteiger partial charge on any atom is -0.423 e. The number of rotatable bonds is 7. The Kier molecular flexibility index (Phi) is 6.62. The van der Waals surface area contributed by atoms with E-state index >= 15 is 0 Å². The van der Waals surface area contributed by atoms with Crippen LogP contribution in [-0.2, 0) is 5.75 Å². The van der Waals surface area contributed by atoms with E-state index in [9.17, 15) is 4.39 Å². The van der Waals surface area contributed by atoms with Crippen molar-refractivity contribution in [2.24, 2.45) is 0 Å². The third kappa shape index (κ3) is 5.11. The fourth-order valence-corrected chi connectivity index (χ4v) is 2.61. The molecule has 0 bridgehead atoms. The molecule has 0 saturated carbocycles. The van der Waals surface area contributed by atoms with Crippen molar-refractivity contribution < 1.29 is 14.4 Å². The van der Waals surface area contributed by atoms with Crippen LogP contribution in [0.4, 0.5) is 4.39 Å². The van der Waals surface area contributed by atoms with Gasteiger partial charge in [-0.05, 0) is 35.3 Å². The predicted molar refractivity (Wildman–Crippen MR) is 71.9 cm³/mol. The van der Waals surface area contributed by atoms with Gasteiger partial charge in [-0.2, -0.15) is 11.8 Å². The van der Waals surface area contributed by atoms with E-state index in [2.05, 4.69) is 6.92 Å². The largest absolute Gasteiger partial charge is 0.488 e. The molecule has 0 radical (unpaired) electrons. The summed E-state index contributed by atoms with van der Waals surface area (Å²) >= 11 is 1.74. The lowest BCUT2D eigenvalue weighted by molar-refractivity contribution is 0.425. The summed E-state index contributed by atoms with van der Waals surface area (Å²) < 4.78 is 13.0. The molecule has 1 rings (SSSR count). The molecule has 0 aliphatic heterocycles. The lowest BCUT2D eigenvalue weighted by Gasteiger charge is -2.08. The van der Waals surface area contributed by atoms with Gasteiger partial charge in [-0.15, -0.1) is 0 Å². The van der Waals surface area contributed by atoms with Crippen LogP contribution < -0.4 is 5.46 Å². The van der Waals surface area contributed by atoms with Crippen molar-refractivity contribution in [3.8, 4) is 0 Å². The van der Waals surface area contributed by atoms with E-state index in [1.54, 1.807) is 17.8 Å². The third-order valence-electron chi connectivity index (χ3n) is 2.54. The summed E-state index contributed by atoms with van der Waals surface area (Å²) in [6, 6.07) is 4.16. The molecule has 0 fully saturated rings. The van der Waals surface area contributed by atoms with Crippen molar-refractivity contribution in [3.05, 3.63) is 29.6 Å². The maximum atomic E-state index is 13.0. The Bertz CT molecular complexity index is 347. The van der Waals surface area contributed by atoms with Gasteiger partial charge in [0.2, 0.25) is 0 Å². The number of benzene rings is 1. The van der Waals surface area contributed by atoms with Gasteiger partial charge in [0.15, 0.2) is 0 Å². The van der Waals surface area contributed by atoms with Crippen LogP contribution in [0.1, 0.15) is 31.7 Å². The van der Waals surface area contributed by atoms with E-state index in [-0.39, 0.29) is 5.46 Å². The summed E-state index contributed by atoms with van der Waals surface area (Å²) in [4.78, 5) is 0. The Morgan fingerprint density at radius 2 is 2.06 bits per heavy atom. The zero-order valence-corrected chi connectivity index (χ0v) is 10.8. The second-order valence-electron chi connectivity index (χ2n) is 3.98. The van der Waals surface area contributed by atoms with Gasteiger partial charge in [-0.25, -0.2) is 4.39 Å². The van der Waals surface area contributed by atoms with Crippen LogP contribution in [-0.4, -0.2) is 22.9 Å². The summed E-state index contributed by atoms with van der Waals surface area (Å²) in [7, 11) is -1.60. The van der Waals surface area contributed by atoms with Gasteiger partial charge in [0.1, 0.15) is 5.82 Å². The second-order valence-corrected chi connectivity index (χ2v) is 5.08. The van der Waals surface area contributed by atoms with Gasteiger partial charge in [-0.3, -0.25) is 0 Å². The Hall–Kier alpha value is -0.515. The van der Waals surface area contributed by atoms with Crippen LogP contribution in [0, 0.1) is 5.82 Å². The van der Waals surface area contributed by atoms with Gasteiger partial charge in [-0.1, -0.05) is 25.8 Å². The molecule has 94 valence electrons. The van der Waals surface area contributed by atoms with Crippen molar-refractivity contribution in [2.45, 2.75) is 31.9 Å². The summed E-state index contributed by atoms with van der Waals surface area (Å²) in [6.07, 6.45) is 3.57. The molecule has 0 spiro atoms. The number of halogens is 1. The van der Waals surface area contributed by atoms with Gasteiger partial charge >= 0.3 is 7.12 Å². The average molecular weight is 256 g/mol. The fourth-order valence-electron chi connectivity index (χ4n) is 1.57. The Morgan fingerprint density at radius 3 is 2.71 bits per heavy atom. The molecule has 2 N–H and O–H groups in total. The fraction of sp³-hybridized carbons (Fsp3) is 0.500. The molecule has 0 saturated heterocycles. The molecule has 0 unspecified atom stereocenters. The first-order valence-electron chi connectivity index (χ1n) is 5.87. The normalized spacial score (nSPS) is 10.6. The van der Waals surface area contributed by atoms with Crippen LogP contribution in [0.2, 0.25) is 0 Å². The minimum atomic E-state index is -1.60. The monoisotopic (exact) mass is 256 g/mol. The van der Waals surface area contributed by atoms with E-state index in [1.165, 1.54) is 31.4 Å². The molecule has 0 amide bonds. The molecule has 0 heterocycles. The Balaban J connectivity index is 2.52. The summed E-state index contributed by atoms with van der Waals surface area (Å²) in [5.41, 5.74) is 1.07. The predicted octanol–water partition coefficient (Wildman–Crippen LogP) is 1.93. The highest BCUT2D eigenvalue weighted by molar-refractivity contribution is 7.98. The second kappa shape index (κ2) is 7.74. The van der Waals surface area contributed by atoms with E-state index in [0.29, 0.717) is 5.75 Å². The molecule has 1 aromatic rings. The smallest absolute Gasteiger partial charge is 0.423 e. The minimum absolute atomic E-state index is 0.271. The van der Waals surface area contributed by atoms with E-state index < -0.39 is 12.9 Å². The summed E-state index contributed by atoms with van der Waals surface area (Å²) in [5.74, 6) is 1.30. The molecular formula is C12H18BFO2S. The number of hydrogen-bond donors (Lipinski definition) is 2. The van der Waals surface area contributed by atoms with Crippen LogP contribution in [0.3, 0.4) is 0 Å². The van der Waals surface area contributed by atoms with E-state index in [4.69, 9.17) is 10.0 Å². The lowest BCUT2D eigenvalue weighted by Crippen LogP contribution is -2.33. The van der Waals surface area contributed by atoms with Gasteiger partial charge in [0.05, 0.1) is 0 Å². The molecule has 0 aliphatic carbocycles. The van der Waals surface area contributed by atoms with Crippen molar-refractivity contribution in [2.75, 3.05) is 5.75 Å². The van der Waals surface area contributed by atoms with E-state index in [1.807, 2.05) is 0 Å². The maximum absolute atomic E-state index is 13.0. The van der Waals surface area contributed by atoms with Crippen molar-refractivity contribution in [3.63, 3.8) is 0 Å². The zero-order valence-electron chi connectivity index (χ0n) is 10.0. The number of unbranched alkanes of at least 4 members (excludes halogenated alkanes) is 2. The molecular weight excluding hydrogens is 238 g/mol. The first kappa shape index (κ1) is 14.5. The molecule has 0 atom stereocenters. The standard InChI is InChI=1S/C12H18BFO2S/c1-2-3-4-7-17-9-10-5-6-11(14)8-12(10)13(15)16/h5-6,8,15-16H,2-4,7,9H2,1H3. The quantitative estimate of drug-likeness (QED) is 0.578.